The van der Waals surface area contributed by atoms with Crippen molar-refractivity contribution in [2.75, 3.05) is 13.1 Å². The molecule has 0 radical (unpaired) electrons. The van der Waals surface area contributed by atoms with E-state index in [-0.39, 0.29) is 5.41 Å². The van der Waals surface area contributed by atoms with Crippen LogP contribution >= 0.6 is 0 Å². The zero-order valence-corrected chi connectivity index (χ0v) is 11.4. The minimum Gasteiger partial charge on any atom is -0.317 e. The molecule has 1 unspecified atom stereocenters. The van der Waals surface area contributed by atoms with Crippen LogP contribution < -0.4 is 5.32 Å². The SMILES string of the molecule is CC(C)(C)c1ccc(C2CCCNCC2)cc1. The Morgan fingerprint density at radius 3 is 2.35 bits per heavy atom. The minimum absolute atomic E-state index is 0.267. The van der Waals surface area contributed by atoms with Crippen molar-refractivity contribution in [3.63, 3.8) is 0 Å². The summed E-state index contributed by atoms with van der Waals surface area (Å²) in [6, 6.07) is 9.31. The lowest BCUT2D eigenvalue weighted by molar-refractivity contribution is 0.585. The van der Waals surface area contributed by atoms with Crippen molar-refractivity contribution in [2.24, 2.45) is 0 Å². The second-order valence-electron chi connectivity index (χ2n) is 6.25. The Labute approximate surface area is 106 Å². The van der Waals surface area contributed by atoms with E-state index in [0.29, 0.717) is 0 Å². The summed E-state index contributed by atoms with van der Waals surface area (Å²) < 4.78 is 0. The molecule has 0 spiro atoms. The average molecular weight is 231 g/mol. The molecule has 0 saturated carbocycles. The maximum Gasteiger partial charge on any atom is -0.00431 e. The van der Waals surface area contributed by atoms with Gasteiger partial charge in [-0.25, -0.2) is 0 Å². The number of hydrogen-bond donors (Lipinski definition) is 1. The second-order valence-corrected chi connectivity index (χ2v) is 6.25. The van der Waals surface area contributed by atoms with E-state index in [0.717, 1.165) is 5.92 Å². The largest absolute Gasteiger partial charge is 0.317 e. The number of rotatable bonds is 1. The highest BCUT2D eigenvalue weighted by Crippen LogP contribution is 2.29. The van der Waals surface area contributed by atoms with Gasteiger partial charge in [0.15, 0.2) is 0 Å². The molecular weight excluding hydrogens is 206 g/mol. The molecule has 17 heavy (non-hydrogen) atoms. The van der Waals surface area contributed by atoms with Crippen molar-refractivity contribution in [3.8, 4) is 0 Å². The molecule has 0 aromatic heterocycles. The Hall–Kier alpha value is -0.820. The van der Waals surface area contributed by atoms with Crippen molar-refractivity contribution < 1.29 is 0 Å². The minimum atomic E-state index is 0.267. The maximum absolute atomic E-state index is 3.48. The third kappa shape index (κ3) is 3.32. The molecule has 1 aliphatic rings. The van der Waals surface area contributed by atoms with Crippen LogP contribution in [-0.4, -0.2) is 13.1 Å². The Morgan fingerprint density at radius 2 is 1.71 bits per heavy atom. The average Bonchev–Trinajstić information content (AvgIpc) is 2.56. The van der Waals surface area contributed by atoms with Crippen LogP contribution in [0.4, 0.5) is 0 Å². The fraction of sp³-hybridized carbons (Fsp3) is 0.625. The molecule has 1 heterocycles. The van der Waals surface area contributed by atoms with Crippen LogP contribution in [0, 0.1) is 0 Å². The molecule has 0 aliphatic carbocycles. The van der Waals surface area contributed by atoms with Crippen LogP contribution in [0.5, 0.6) is 0 Å². The molecule has 2 rings (SSSR count). The molecule has 1 N–H and O–H groups in total. The molecule has 1 nitrogen and oxygen atoms in total. The second kappa shape index (κ2) is 5.22. The van der Waals surface area contributed by atoms with Crippen molar-refractivity contribution in [1.29, 1.82) is 0 Å². The van der Waals surface area contributed by atoms with E-state index in [4.69, 9.17) is 0 Å². The summed E-state index contributed by atoms with van der Waals surface area (Å²) in [5, 5.41) is 3.48. The predicted octanol–water partition coefficient (Wildman–Crippen LogP) is 3.84. The molecule has 1 heteroatoms. The zero-order valence-electron chi connectivity index (χ0n) is 11.4. The van der Waals surface area contributed by atoms with Gasteiger partial charge in [-0.05, 0) is 54.8 Å². The normalized spacial score (nSPS) is 22.2. The van der Waals surface area contributed by atoms with Crippen LogP contribution in [0.2, 0.25) is 0 Å². The van der Waals surface area contributed by atoms with Crippen LogP contribution in [0.1, 0.15) is 57.1 Å². The summed E-state index contributed by atoms with van der Waals surface area (Å²) in [4.78, 5) is 0. The first-order valence-electron chi connectivity index (χ1n) is 6.88. The van der Waals surface area contributed by atoms with Crippen LogP contribution in [0.25, 0.3) is 0 Å². The Balaban J connectivity index is 2.11. The van der Waals surface area contributed by atoms with E-state index in [1.165, 1.54) is 43.5 Å². The third-order valence-corrected chi connectivity index (χ3v) is 3.82. The molecule has 1 aromatic rings. The first kappa shape index (κ1) is 12.6. The van der Waals surface area contributed by atoms with Crippen molar-refractivity contribution in [2.45, 2.75) is 51.4 Å². The molecular formula is C16H25N. The molecule has 1 saturated heterocycles. The maximum atomic E-state index is 3.48. The predicted molar refractivity (Wildman–Crippen MR) is 74.6 cm³/mol. The molecule has 94 valence electrons. The molecule has 0 amide bonds. The van der Waals surface area contributed by atoms with Crippen molar-refractivity contribution in [3.05, 3.63) is 35.4 Å². The Morgan fingerprint density at radius 1 is 1.00 bits per heavy atom. The van der Waals surface area contributed by atoms with E-state index in [1.54, 1.807) is 0 Å². The number of hydrogen-bond acceptors (Lipinski definition) is 1. The van der Waals surface area contributed by atoms with Crippen LogP contribution in [-0.2, 0) is 5.41 Å². The van der Waals surface area contributed by atoms with E-state index in [1.807, 2.05) is 0 Å². The standard InChI is InChI=1S/C16H25N/c1-16(2,3)15-8-6-14(7-9-15)13-5-4-11-17-12-10-13/h6-9,13,17H,4-5,10-12H2,1-3H3. The first-order valence-corrected chi connectivity index (χ1v) is 6.88. The van der Waals surface area contributed by atoms with Crippen LogP contribution in [0.15, 0.2) is 24.3 Å². The monoisotopic (exact) mass is 231 g/mol. The Kier molecular flexibility index (Phi) is 3.88. The smallest absolute Gasteiger partial charge is 0.00431 e. The van der Waals surface area contributed by atoms with E-state index < -0.39 is 0 Å². The summed E-state index contributed by atoms with van der Waals surface area (Å²) >= 11 is 0. The highest BCUT2D eigenvalue weighted by Gasteiger charge is 2.16. The fourth-order valence-electron chi connectivity index (χ4n) is 2.61. The van der Waals surface area contributed by atoms with Crippen molar-refractivity contribution in [1.82, 2.24) is 5.32 Å². The van der Waals surface area contributed by atoms with Crippen LogP contribution in [0.3, 0.4) is 0 Å². The van der Waals surface area contributed by atoms with Gasteiger partial charge in [-0.2, -0.15) is 0 Å². The summed E-state index contributed by atoms with van der Waals surface area (Å²) in [6.07, 6.45) is 3.93. The Bertz CT molecular complexity index is 337. The molecule has 1 fully saturated rings. The summed E-state index contributed by atoms with van der Waals surface area (Å²) in [6.45, 7) is 9.19. The van der Waals surface area contributed by atoms with Gasteiger partial charge in [-0.1, -0.05) is 45.0 Å². The van der Waals surface area contributed by atoms with E-state index in [9.17, 15) is 0 Å². The van der Waals surface area contributed by atoms with Gasteiger partial charge in [-0.3, -0.25) is 0 Å². The van der Waals surface area contributed by atoms with E-state index in [2.05, 4.69) is 50.4 Å². The molecule has 1 aromatic carbocycles. The quantitative estimate of drug-likeness (QED) is 0.774. The van der Waals surface area contributed by atoms with Gasteiger partial charge >= 0.3 is 0 Å². The highest BCUT2D eigenvalue weighted by atomic mass is 14.8. The third-order valence-electron chi connectivity index (χ3n) is 3.82. The van der Waals surface area contributed by atoms with E-state index >= 15 is 0 Å². The van der Waals surface area contributed by atoms with Gasteiger partial charge in [0, 0.05) is 0 Å². The summed E-state index contributed by atoms with van der Waals surface area (Å²) in [5.41, 5.74) is 3.23. The van der Waals surface area contributed by atoms with Gasteiger partial charge < -0.3 is 5.32 Å². The topological polar surface area (TPSA) is 12.0 Å². The zero-order chi connectivity index (χ0) is 12.3. The highest BCUT2D eigenvalue weighted by molar-refractivity contribution is 5.29. The summed E-state index contributed by atoms with van der Waals surface area (Å²) in [5.74, 6) is 0.763. The molecule has 1 atom stereocenters. The fourth-order valence-corrected chi connectivity index (χ4v) is 2.61. The molecule has 0 bridgehead atoms. The lowest BCUT2D eigenvalue weighted by Crippen LogP contribution is -2.14. The number of nitrogens with one attached hydrogen (secondary N) is 1. The van der Waals surface area contributed by atoms with Gasteiger partial charge in [0.2, 0.25) is 0 Å². The van der Waals surface area contributed by atoms with Crippen molar-refractivity contribution >= 4 is 0 Å². The summed E-state index contributed by atoms with van der Waals surface area (Å²) in [7, 11) is 0. The van der Waals surface area contributed by atoms with Gasteiger partial charge in [-0.15, -0.1) is 0 Å². The lowest BCUT2D eigenvalue weighted by Gasteiger charge is -2.21. The first-order chi connectivity index (χ1) is 8.07. The number of benzene rings is 1. The van der Waals surface area contributed by atoms with Gasteiger partial charge in [0.05, 0.1) is 0 Å². The molecule has 1 aliphatic heterocycles. The lowest BCUT2D eigenvalue weighted by atomic mass is 9.84. The van der Waals surface area contributed by atoms with Gasteiger partial charge in [0.25, 0.3) is 0 Å². The van der Waals surface area contributed by atoms with Gasteiger partial charge in [0.1, 0.15) is 0 Å².